The molecular weight excluding hydrogens is 420 g/mol. The van der Waals surface area contributed by atoms with Gasteiger partial charge >= 0.3 is 0 Å². The van der Waals surface area contributed by atoms with Crippen LogP contribution in [0.3, 0.4) is 0 Å². The summed E-state index contributed by atoms with van der Waals surface area (Å²) in [4.78, 5) is 13.9. The molecule has 0 saturated carbocycles. The Morgan fingerprint density at radius 3 is 1.71 bits per heavy atom. The average Bonchev–Trinajstić information content (AvgIpc) is 3.59. The maximum absolute atomic E-state index is 4.63. The Bertz CT molecular complexity index is 1590. The van der Waals surface area contributed by atoms with E-state index >= 15 is 0 Å². The molecule has 0 saturated heterocycles. The van der Waals surface area contributed by atoms with Crippen LogP contribution in [0.5, 0.6) is 0 Å². The number of imidazole rings is 2. The first-order chi connectivity index (χ1) is 16.8. The summed E-state index contributed by atoms with van der Waals surface area (Å²) in [6.07, 6.45) is 3.81. The quantitative estimate of drug-likeness (QED) is 0.342. The van der Waals surface area contributed by atoms with Crippen molar-refractivity contribution in [3.05, 3.63) is 104 Å². The standard InChI is InChI=1S/C28H22N6/c1-31-19-34(28-13-7-6-12-27(28)31)22-15-20(32-17-29-23-8-2-4-10-25(23)32)14-21(16-22)33-18-30-24-9-3-5-11-26(24)33/h2-18H,19H2,1H3. The molecule has 6 nitrogen and oxygen atoms in total. The molecule has 0 atom stereocenters. The average molecular weight is 443 g/mol. The van der Waals surface area contributed by atoms with E-state index in [1.54, 1.807) is 0 Å². The van der Waals surface area contributed by atoms with Gasteiger partial charge in [-0.15, -0.1) is 0 Å². The Balaban J connectivity index is 1.47. The fourth-order valence-electron chi connectivity index (χ4n) is 4.94. The van der Waals surface area contributed by atoms with Gasteiger partial charge in [0.1, 0.15) is 12.7 Å². The smallest absolute Gasteiger partial charge is 0.100 e. The minimum atomic E-state index is 0.789. The molecule has 1 aliphatic rings. The molecule has 6 heteroatoms. The van der Waals surface area contributed by atoms with Crippen LogP contribution in [0, 0.1) is 0 Å². The van der Waals surface area contributed by atoms with Crippen LogP contribution in [0.25, 0.3) is 33.4 Å². The molecule has 0 spiro atoms. The zero-order valence-electron chi connectivity index (χ0n) is 18.7. The maximum Gasteiger partial charge on any atom is 0.100 e. The van der Waals surface area contributed by atoms with Gasteiger partial charge in [0.15, 0.2) is 0 Å². The lowest BCUT2D eigenvalue weighted by Gasteiger charge is -2.22. The highest BCUT2D eigenvalue weighted by Gasteiger charge is 2.25. The number of para-hydroxylation sites is 6. The second-order valence-corrected chi connectivity index (χ2v) is 8.67. The molecule has 34 heavy (non-hydrogen) atoms. The van der Waals surface area contributed by atoms with Gasteiger partial charge in [0, 0.05) is 12.7 Å². The van der Waals surface area contributed by atoms with Crippen molar-refractivity contribution >= 4 is 39.1 Å². The molecule has 1 aliphatic heterocycles. The van der Waals surface area contributed by atoms with E-state index in [0.717, 1.165) is 45.8 Å². The van der Waals surface area contributed by atoms with Crippen LogP contribution in [0.15, 0.2) is 104 Å². The van der Waals surface area contributed by atoms with Crippen molar-refractivity contribution in [1.29, 1.82) is 0 Å². The lowest BCUT2D eigenvalue weighted by atomic mass is 10.2. The number of nitrogens with zero attached hydrogens (tertiary/aromatic N) is 6. The van der Waals surface area contributed by atoms with E-state index in [0.29, 0.717) is 0 Å². The van der Waals surface area contributed by atoms with Gasteiger partial charge < -0.3 is 9.80 Å². The van der Waals surface area contributed by atoms with Crippen molar-refractivity contribution < 1.29 is 0 Å². The lowest BCUT2D eigenvalue weighted by Crippen LogP contribution is -2.24. The minimum absolute atomic E-state index is 0.789. The molecule has 0 unspecified atom stereocenters. The first kappa shape index (κ1) is 18.9. The van der Waals surface area contributed by atoms with E-state index in [1.165, 1.54) is 11.4 Å². The van der Waals surface area contributed by atoms with Crippen molar-refractivity contribution in [1.82, 2.24) is 19.1 Å². The van der Waals surface area contributed by atoms with Crippen LogP contribution in [0.1, 0.15) is 0 Å². The van der Waals surface area contributed by atoms with Crippen LogP contribution < -0.4 is 9.80 Å². The summed E-state index contributed by atoms with van der Waals surface area (Å²) in [6.45, 7) is 0.789. The van der Waals surface area contributed by atoms with Gasteiger partial charge in [0.2, 0.25) is 0 Å². The highest BCUT2D eigenvalue weighted by atomic mass is 15.4. The molecule has 164 valence electrons. The van der Waals surface area contributed by atoms with E-state index in [1.807, 2.05) is 36.9 Å². The zero-order chi connectivity index (χ0) is 22.6. The number of fused-ring (bicyclic) bond motifs is 3. The van der Waals surface area contributed by atoms with Crippen molar-refractivity contribution in [2.75, 3.05) is 23.5 Å². The minimum Gasteiger partial charge on any atom is -0.355 e. The van der Waals surface area contributed by atoms with Gasteiger partial charge in [-0.3, -0.25) is 9.13 Å². The van der Waals surface area contributed by atoms with E-state index in [-0.39, 0.29) is 0 Å². The largest absolute Gasteiger partial charge is 0.355 e. The highest BCUT2D eigenvalue weighted by molar-refractivity contribution is 5.85. The molecule has 3 heterocycles. The third kappa shape index (κ3) is 2.82. The van der Waals surface area contributed by atoms with Crippen molar-refractivity contribution in [2.45, 2.75) is 0 Å². The van der Waals surface area contributed by atoms with Gasteiger partial charge in [-0.2, -0.15) is 0 Å². The monoisotopic (exact) mass is 442 g/mol. The molecule has 0 bridgehead atoms. The Morgan fingerprint density at radius 1 is 0.588 bits per heavy atom. The molecule has 0 radical (unpaired) electrons. The maximum atomic E-state index is 4.63. The number of rotatable bonds is 3. The SMILES string of the molecule is CN1CN(c2cc(-n3cnc4ccccc43)cc(-n3cnc4ccccc43)c2)c2ccccc21. The molecule has 0 aliphatic carbocycles. The molecule has 7 rings (SSSR count). The van der Waals surface area contributed by atoms with Gasteiger partial charge in [-0.1, -0.05) is 36.4 Å². The first-order valence-corrected chi connectivity index (χ1v) is 11.3. The first-order valence-electron chi connectivity index (χ1n) is 11.3. The summed E-state index contributed by atoms with van der Waals surface area (Å²) in [7, 11) is 2.14. The van der Waals surface area contributed by atoms with Crippen molar-refractivity contribution in [2.24, 2.45) is 0 Å². The van der Waals surface area contributed by atoms with E-state index in [2.05, 4.69) is 103 Å². The molecule has 2 aromatic heterocycles. The summed E-state index contributed by atoms with van der Waals surface area (Å²) < 4.78 is 4.32. The third-order valence-electron chi connectivity index (χ3n) is 6.60. The van der Waals surface area contributed by atoms with Crippen molar-refractivity contribution in [3.63, 3.8) is 0 Å². The summed E-state index contributed by atoms with van der Waals surface area (Å²) in [5, 5.41) is 0. The third-order valence-corrected chi connectivity index (χ3v) is 6.60. The highest BCUT2D eigenvalue weighted by Crippen LogP contribution is 2.41. The molecule has 4 aromatic carbocycles. The van der Waals surface area contributed by atoms with Crippen LogP contribution in [-0.4, -0.2) is 32.8 Å². The predicted molar refractivity (Wildman–Crippen MR) is 138 cm³/mol. The van der Waals surface area contributed by atoms with Gasteiger partial charge in [-0.25, -0.2) is 9.97 Å². The second-order valence-electron chi connectivity index (χ2n) is 8.67. The van der Waals surface area contributed by atoms with E-state index in [4.69, 9.17) is 0 Å². The molecule has 0 N–H and O–H groups in total. The second kappa shape index (κ2) is 7.22. The number of aromatic nitrogens is 4. The van der Waals surface area contributed by atoms with Gasteiger partial charge in [-0.05, 0) is 54.6 Å². The van der Waals surface area contributed by atoms with Gasteiger partial charge in [0.25, 0.3) is 0 Å². The summed E-state index contributed by atoms with van der Waals surface area (Å²) >= 11 is 0. The topological polar surface area (TPSA) is 42.1 Å². The Hall–Kier alpha value is -4.58. The Kier molecular flexibility index (Phi) is 4.02. The Morgan fingerprint density at radius 2 is 1.09 bits per heavy atom. The zero-order valence-corrected chi connectivity index (χ0v) is 18.7. The number of benzene rings is 4. The molecule has 6 aromatic rings. The van der Waals surface area contributed by atoms with E-state index in [9.17, 15) is 0 Å². The fourth-order valence-corrected chi connectivity index (χ4v) is 4.94. The number of hydrogen-bond donors (Lipinski definition) is 0. The molecule has 0 fully saturated rings. The lowest BCUT2D eigenvalue weighted by molar-refractivity contribution is 0.945. The normalized spacial score (nSPS) is 13.2. The molecular formula is C28H22N6. The van der Waals surface area contributed by atoms with Gasteiger partial charge in [0.05, 0.1) is 51.5 Å². The fraction of sp³-hybridized carbons (Fsp3) is 0.0714. The number of anilines is 3. The van der Waals surface area contributed by atoms with Crippen molar-refractivity contribution in [3.8, 4) is 11.4 Å². The van der Waals surface area contributed by atoms with Crippen LogP contribution in [0.4, 0.5) is 17.1 Å². The summed E-state index contributed by atoms with van der Waals surface area (Å²) in [5.41, 5.74) is 9.81. The predicted octanol–water partition coefficient (Wildman–Crippen LogP) is 5.91. The van der Waals surface area contributed by atoms with E-state index < -0.39 is 0 Å². The molecule has 0 amide bonds. The van der Waals surface area contributed by atoms with Crippen LogP contribution >= 0.6 is 0 Å². The van der Waals surface area contributed by atoms with Crippen LogP contribution in [0.2, 0.25) is 0 Å². The number of hydrogen-bond acceptors (Lipinski definition) is 4. The summed E-state index contributed by atoms with van der Waals surface area (Å²) in [5.74, 6) is 0. The van der Waals surface area contributed by atoms with Crippen LogP contribution in [-0.2, 0) is 0 Å². The Labute approximate surface area is 196 Å². The summed E-state index contributed by atoms with van der Waals surface area (Å²) in [6, 6.07) is 31.7.